The van der Waals surface area contributed by atoms with Crippen molar-refractivity contribution in [2.75, 3.05) is 13.1 Å². The minimum atomic E-state index is -0.258. The van der Waals surface area contributed by atoms with E-state index in [0.29, 0.717) is 13.1 Å². The number of nitrogens with one attached hydrogen (secondary N) is 2. The molecule has 0 unspecified atom stereocenters. The Morgan fingerprint density at radius 2 is 2.00 bits per heavy atom. The van der Waals surface area contributed by atoms with Crippen LogP contribution in [0.25, 0.3) is 5.69 Å². The van der Waals surface area contributed by atoms with Crippen LogP contribution in [0.15, 0.2) is 47.8 Å². The normalized spacial score (nSPS) is 11.6. The van der Waals surface area contributed by atoms with Gasteiger partial charge in [0.1, 0.15) is 24.5 Å². The summed E-state index contributed by atoms with van der Waals surface area (Å²) < 4.78 is 16.5. The van der Waals surface area contributed by atoms with Gasteiger partial charge in [-0.1, -0.05) is 0 Å². The Balaban J connectivity index is 1.54. The van der Waals surface area contributed by atoms with Crippen molar-refractivity contribution in [3.05, 3.63) is 60.2 Å². The molecule has 27 heavy (non-hydrogen) atoms. The average molecular weight is 370 g/mol. The van der Waals surface area contributed by atoms with E-state index in [-0.39, 0.29) is 5.82 Å². The fraction of sp³-hybridized carbons (Fsp3) is 0.333. The maximum atomic E-state index is 13.0. The lowest BCUT2D eigenvalue weighted by atomic mass is 10.3. The monoisotopic (exact) mass is 370 g/mol. The molecule has 0 fully saturated rings. The zero-order chi connectivity index (χ0) is 19.1. The molecule has 0 radical (unpaired) electrons. The van der Waals surface area contributed by atoms with Crippen LogP contribution in [0.2, 0.25) is 0 Å². The number of nitrogens with zero attached hydrogens (tertiary/aromatic N) is 6. The third-order valence-electron chi connectivity index (χ3n) is 3.94. The lowest BCUT2D eigenvalue weighted by molar-refractivity contribution is 0.627. The van der Waals surface area contributed by atoms with Gasteiger partial charge in [0.05, 0.1) is 11.4 Å². The Morgan fingerprint density at radius 1 is 1.19 bits per heavy atom. The molecule has 1 aromatic carbocycles. The first-order valence-electron chi connectivity index (χ1n) is 8.81. The van der Waals surface area contributed by atoms with Gasteiger partial charge in [0.25, 0.3) is 0 Å². The number of rotatable bonds is 7. The van der Waals surface area contributed by atoms with Crippen molar-refractivity contribution in [2.24, 2.45) is 12.0 Å². The minimum absolute atomic E-state index is 0.258. The van der Waals surface area contributed by atoms with Gasteiger partial charge >= 0.3 is 0 Å². The second-order valence-corrected chi connectivity index (χ2v) is 5.90. The van der Waals surface area contributed by atoms with Gasteiger partial charge in [-0.2, -0.15) is 10.2 Å². The molecule has 0 aliphatic rings. The van der Waals surface area contributed by atoms with E-state index in [4.69, 9.17) is 0 Å². The van der Waals surface area contributed by atoms with Crippen molar-refractivity contribution < 1.29 is 4.39 Å². The molecule has 0 amide bonds. The topological polar surface area (TPSA) is 85.0 Å². The summed E-state index contributed by atoms with van der Waals surface area (Å²) in [5, 5.41) is 15.1. The molecule has 8 nitrogen and oxygen atoms in total. The van der Waals surface area contributed by atoms with Gasteiger partial charge in [-0.15, -0.1) is 0 Å². The summed E-state index contributed by atoms with van der Waals surface area (Å²) in [6.45, 7) is 3.92. The Morgan fingerprint density at radius 3 is 2.70 bits per heavy atom. The van der Waals surface area contributed by atoms with E-state index in [0.717, 1.165) is 36.1 Å². The van der Waals surface area contributed by atoms with Crippen LogP contribution in [0.1, 0.15) is 18.4 Å². The standard InChI is InChI=1S/C18H23FN8/c1-3-20-18(22-12-17-23-13-24-26(17)2)21-10-8-15-9-11-27(25-15)16-6-4-14(19)5-7-16/h4-7,9,11,13H,3,8,10,12H2,1-2H3,(H2,20,21,22). The summed E-state index contributed by atoms with van der Waals surface area (Å²) in [6, 6.07) is 8.21. The highest BCUT2D eigenvalue weighted by atomic mass is 19.1. The average Bonchev–Trinajstić information content (AvgIpc) is 3.29. The van der Waals surface area contributed by atoms with E-state index in [9.17, 15) is 4.39 Å². The number of halogens is 1. The molecule has 0 spiro atoms. The summed E-state index contributed by atoms with van der Waals surface area (Å²) in [6.07, 6.45) is 4.13. The van der Waals surface area contributed by atoms with Gasteiger partial charge in [0.15, 0.2) is 5.96 Å². The zero-order valence-electron chi connectivity index (χ0n) is 15.4. The van der Waals surface area contributed by atoms with E-state index >= 15 is 0 Å². The van der Waals surface area contributed by atoms with Crippen LogP contribution >= 0.6 is 0 Å². The van der Waals surface area contributed by atoms with Gasteiger partial charge in [-0.3, -0.25) is 4.68 Å². The van der Waals surface area contributed by atoms with Gasteiger partial charge < -0.3 is 10.6 Å². The highest BCUT2D eigenvalue weighted by Gasteiger charge is 2.04. The molecule has 0 saturated heterocycles. The third kappa shape index (κ3) is 5.13. The molecule has 2 heterocycles. The van der Waals surface area contributed by atoms with Gasteiger partial charge in [-0.05, 0) is 37.3 Å². The van der Waals surface area contributed by atoms with Crippen LogP contribution in [-0.4, -0.2) is 43.6 Å². The molecular weight excluding hydrogens is 347 g/mol. The fourth-order valence-corrected chi connectivity index (χ4v) is 2.50. The molecular formula is C18H23FN8. The number of hydrogen-bond donors (Lipinski definition) is 2. The van der Waals surface area contributed by atoms with Crippen LogP contribution < -0.4 is 10.6 Å². The van der Waals surface area contributed by atoms with Crippen molar-refractivity contribution in [2.45, 2.75) is 19.9 Å². The first-order valence-corrected chi connectivity index (χ1v) is 8.81. The van der Waals surface area contributed by atoms with Crippen molar-refractivity contribution in [1.29, 1.82) is 0 Å². The second kappa shape index (κ2) is 8.93. The van der Waals surface area contributed by atoms with E-state index in [1.165, 1.54) is 18.5 Å². The molecule has 0 atom stereocenters. The van der Waals surface area contributed by atoms with E-state index < -0.39 is 0 Å². The number of benzene rings is 1. The van der Waals surface area contributed by atoms with Crippen LogP contribution in [0.3, 0.4) is 0 Å². The molecule has 0 aliphatic heterocycles. The summed E-state index contributed by atoms with van der Waals surface area (Å²) in [4.78, 5) is 8.68. The number of aromatic nitrogens is 5. The van der Waals surface area contributed by atoms with Crippen molar-refractivity contribution >= 4 is 5.96 Å². The molecule has 0 bridgehead atoms. The lowest BCUT2D eigenvalue weighted by Gasteiger charge is -2.10. The number of aliphatic imine (C=N–C) groups is 1. The Kier molecular flexibility index (Phi) is 6.14. The van der Waals surface area contributed by atoms with E-state index in [1.54, 1.807) is 21.5 Å². The van der Waals surface area contributed by atoms with Crippen molar-refractivity contribution in [1.82, 2.24) is 35.2 Å². The lowest BCUT2D eigenvalue weighted by Crippen LogP contribution is -2.38. The van der Waals surface area contributed by atoms with Gasteiger partial charge in [0, 0.05) is 32.8 Å². The molecule has 3 rings (SSSR count). The molecule has 9 heteroatoms. The molecule has 0 aliphatic carbocycles. The highest BCUT2D eigenvalue weighted by molar-refractivity contribution is 5.79. The maximum absolute atomic E-state index is 13.0. The maximum Gasteiger partial charge on any atom is 0.191 e. The largest absolute Gasteiger partial charge is 0.357 e. The summed E-state index contributed by atoms with van der Waals surface area (Å²) in [5.74, 6) is 1.26. The van der Waals surface area contributed by atoms with E-state index in [1.807, 2.05) is 26.2 Å². The van der Waals surface area contributed by atoms with Crippen LogP contribution in [0.5, 0.6) is 0 Å². The first-order chi connectivity index (χ1) is 13.2. The quantitative estimate of drug-likeness (QED) is 0.486. The summed E-state index contributed by atoms with van der Waals surface area (Å²) >= 11 is 0. The van der Waals surface area contributed by atoms with Crippen LogP contribution in [0, 0.1) is 5.82 Å². The Labute approximate surface area is 157 Å². The molecule has 142 valence electrons. The summed E-state index contributed by atoms with van der Waals surface area (Å²) in [5.41, 5.74) is 1.77. The molecule has 3 aromatic rings. The molecule has 0 saturated carbocycles. The predicted octanol–water partition coefficient (Wildman–Crippen LogP) is 1.44. The third-order valence-corrected chi connectivity index (χ3v) is 3.94. The summed E-state index contributed by atoms with van der Waals surface area (Å²) in [7, 11) is 1.84. The number of aryl methyl sites for hydroxylation is 1. The van der Waals surface area contributed by atoms with Crippen molar-refractivity contribution in [3.63, 3.8) is 0 Å². The smallest absolute Gasteiger partial charge is 0.191 e. The highest BCUT2D eigenvalue weighted by Crippen LogP contribution is 2.09. The predicted molar refractivity (Wildman–Crippen MR) is 101 cm³/mol. The van der Waals surface area contributed by atoms with Crippen molar-refractivity contribution in [3.8, 4) is 5.69 Å². The fourth-order valence-electron chi connectivity index (χ4n) is 2.50. The number of hydrogen-bond acceptors (Lipinski definition) is 4. The Hall–Kier alpha value is -3.23. The molecule has 2 aromatic heterocycles. The van der Waals surface area contributed by atoms with E-state index in [2.05, 4.69) is 30.8 Å². The zero-order valence-corrected chi connectivity index (χ0v) is 15.4. The SMILES string of the molecule is CCNC(=NCc1ncnn1C)NCCc1ccn(-c2ccc(F)cc2)n1. The van der Waals surface area contributed by atoms with Gasteiger partial charge in [-0.25, -0.2) is 19.0 Å². The van der Waals surface area contributed by atoms with Crippen LogP contribution in [-0.2, 0) is 20.0 Å². The Bertz CT molecular complexity index is 881. The second-order valence-electron chi connectivity index (χ2n) is 5.90. The molecule has 2 N–H and O–H groups in total. The first kappa shape index (κ1) is 18.6. The minimum Gasteiger partial charge on any atom is -0.357 e. The van der Waals surface area contributed by atoms with Crippen LogP contribution in [0.4, 0.5) is 4.39 Å². The van der Waals surface area contributed by atoms with Gasteiger partial charge in [0.2, 0.25) is 0 Å². The number of guanidine groups is 1.